The van der Waals surface area contributed by atoms with Crippen molar-refractivity contribution in [2.24, 2.45) is 0 Å². The van der Waals surface area contributed by atoms with Gasteiger partial charge in [0.1, 0.15) is 0 Å². The minimum absolute atomic E-state index is 0.0965. The molecule has 0 radical (unpaired) electrons. The van der Waals surface area contributed by atoms with Crippen LogP contribution >= 0.6 is 11.3 Å². The van der Waals surface area contributed by atoms with Crippen LogP contribution < -0.4 is 10.2 Å². The zero-order valence-electron chi connectivity index (χ0n) is 13.0. The van der Waals surface area contributed by atoms with Gasteiger partial charge in [0.25, 0.3) is 0 Å². The quantitative estimate of drug-likeness (QED) is 0.793. The lowest BCUT2D eigenvalue weighted by molar-refractivity contribution is 0.792. The van der Waals surface area contributed by atoms with Gasteiger partial charge >= 0.3 is 4.87 Å². The van der Waals surface area contributed by atoms with Crippen LogP contribution in [0.25, 0.3) is 11.3 Å². The zero-order chi connectivity index (χ0) is 15.8. The van der Waals surface area contributed by atoms with E-state index in [-0.39, 0.29) is 4.87 Å². The summed E-state index contributed by atoms with van der Waals surface area (Å²) in [5, 5.41) is 5.35. The molecule has 3 nitrogen and oxygen atoms in total. The van der Waals surface area contributed by atoms with Crippen molar-refractivity contribution in [2.45, 2.75) is 19.9 Å². The molecular formula is C19H18N2OS. The largest absolute Gasteiger partial charge is 0.384 e. The molecule has 1 aliphatic heterocycles. The average Bonchev–Trinajstić information content (AvgIpc) is 3.16. The molecule has 1 aliphatic rings. The third-order valence-electron chi connectivity index (χ3n) is 4.35. The summed E-state index contributed by atoms with van der Waals surface area (Å²) >= 11 is 1.27. The van der Waals surface area contributed by atoms with Crippen molar-refractivity contribution in [3.63, 3.8) is 0 Å². The molecule has 1 aromatic heterocycles. The number of aromatic nitrogens is 1. The number of hydrogen-bond donors (Lipinski definition) is 1. The minimum Gasteiger partial charge on any atom is -0.384 e. The summed E-state index contributed by atoms with van der Waals surface area (Å²) in [5.41, 5.74) is 7.07. The molecule has 0 atom stereocenters. The molecule has 2 aromatic carbocycles. The second-order valence-electron chi connectivity index (χ2n) is 6.01. The summed E-state index contributed by atoms with van der Waals surface area (Å²) in [6.07, 6.45) is 1.05. The number of rotatable bonds is 3. The Balaban J connectivity index is 1.73. The first kappa shape index (κ1) is 14.3. The van der Waals surface area contributed by atoms with E-state index in [2.05, 4.69) is 54.7 Å². The van der Waals surface area contributed by atoms with E-state index in [4.69, 9.17) is 0 Å². The van der Waals surface area contributed by atoms with Crippen LogP contribution in [0.4, 0.5) is 5.69 Å². The van der Waals surface area contributed by atoms with E-state index in [9.17, 15) is 4.79 Å². The van der Waals surface area contributed by atoms with E-state index >= 15 is 0 Å². The molecule has 1 N–H and O–H groups in total. The molecule has 4 rings (SSSR count). The second-order valence-corrected chi connectivity index (χ2v) is 6.83. The van der Waals surface area contributed by atoms with Crippen molar-refractivity contribution in [3.05, 3.63) is 74.2 Å². The summed E-state index contributed by atoms with van der Waals surface area (Å²) in [6, 6.07) is 14.8. The molecule has 0 saturated carbocycles. The molecular weight excluding hydrogens is 304 g/mol. The Hall–Kier alpha value is -2.33. The topological polar surface area (TPSA) is 34.0 Å². The van der Waals surface area contributed by atoms with Crippen molar-refractivity contribution < 1.29 is 0 Å². The lowest BCUT2D eigenvalue weighted by atomic mass is 10.1. The Labute approximate surface area is 139 Å². The molecule has 0 spiro atoms. The molecule has 0 fully saturated rings. The number of nitrogens with one attached hydrogen (secondary N) is 1. The van der Waals surface area contributed by atoms with E-state index in [0.29, 0.717) is 6.54 Å². The number of benzene rings is 2. The fourth-order valence-corrected chi connectivity index (χ4v) is 3.81. The van der Waals surface area contributed by atoms with Crippen molar-refractivity contribution in [3.8, 4) is 11.3 Å². The van der Waals surface area contributed by atoms with Crippen molar-refractivity contribution in [2.75, 3.05) is 11.9 Å². The van der Waals surface area contributed by atoms with Crippen molar-refractivity contribution in [1.29, 1.82) is 0 Å². The van der Waals surface area contributed by atoms with Crippen LogP contribution in [-0.2, 0) is 13.0 Å². The smallest absolute Gasteiger partial charge is 0.307 e. The van der Waals surface area contributed by atoms with Gasteiger partial charge in [-0.2, -0.15) is 0 Å². The number of fused-ring (bicyclic) bond motifs is 1. The molecule has 0 saturated heterocycles. The van der Waals surface area contributed by atoms with E-state index in [1.807, 2.05) is 9.95 Å². The lowest BCUT2D eigenvalue weighted by Crippen LogP contribution is -2.15. The second kappa shape index (κ2) is 5.70. The summed E-state index contributed by atoms with van der Waals surface area (Å²) < 4.78 is 1.87. The van der Waals surface area contributed by atoms with Crippen molar-refractivity contribution >= 4 is 17.0 Å². The third-order valence-corrected chi connectivity index (χ3v) is 5.12. The molecule has 2 heterocycles. The average molecular weight is 322 g/mol. The van der Waals surface area contributed by atoms with E-state index in [1.165, 1.54) is 28.2 Å². The first-order valence-corrected chi connectivity index (χ1v) is 8.70. The summed E-state index contributed by atoms with van der Waals surface area (Å²) in [6.45, 7) is 3.69. The first-order valence-electron chi connectivity index (χ1n) is 7.82. The number of aryl methyl sites for hydroxylation is 1. The Morgan fingerprint density at radius 2 is 2.00 bits per heavy atom. The van der Waals surface area contributed by atoms with E-state index in [0.717, 1.165) is 29.8 Å². The molecule has 23 heavy (non-hydrogen) atoms. The van der Waals surface area contributed by atoms with Gasteiger partial charge in [0.2, 0.25) is 0 Å². The van der Waals surface area contributed by atoms with E-state index < -0.39 is 0 Å². The van der Waals surface area contributed by atoms with Gasteiger partial charge in [0.15, 0.2) is 0 Å². The highest BCUT2D eigenvalue weighted by atomic mass is 32.1. The van der Waals surface area contributed by atoms with Gasteiger partial charge < -0.3 is 5.32 Å². The first-order chi connectivity index (χ1) is 11.2. The monoisotopic (exact) mass is 322 g/mol. The molecule has 3 aromatic rings. The molecule has 0 amide bonds. The third kappa shape index (κ3) is 2.70. The van der Waals surface area contributed by atoms with Crippen LogP contribution in [0.2, 0.25) is 0 Å². The van der Waals surface area contributed by atoms with Crippen LogP contribution in [0.1, 0.15) is 16.7 Å². The van der Waals surface area contributed by atoms with Gasteiger partial charge in [0.05, 0.1) is 12.2 Å². The van der Waals surface area contributed by atoms with Crippen LogP contribution in [0.15, 0.2) is 52.6 Å². The molecule has 0 aliphatic carbocycles. The lowest BCUT2D eigenvalue weighted by Gasteiger charge is -2.10. The number of nitrogens with zero attached hydrogens (tertiary/aromatic N) is 1. The Morgan fingerprint density at radius 3 is 2.83 bits per heavy atom. The van der Waals surface area contributed by atoms with Gasteiger partial charge in [-0.05, 0) is 42.2 Å². The maximum absolute atomic E-state index is 12.3. The fraction of sp³-hybridized carbons (Fsp3) is 0.211. The molecule has 116 valence electrons. The summed E-state index contributed by atoms with van der Waals surface area (Å²) in [5.74, 6) is 0. The Morgan fingerprint density at radius 1 is 1.17 bits per heavy atom. The Kier molecular flexibility index (Phi) is 3.54. The van der Waals surface area contributed by atoms with Crippen LogP contribution in [0.3, 0.4) is 0 Å². The summed E-state index contributed by atoms with van der Waals surface area (Å²) in [7, 11) is 0. The number of thiazole rings is 1. The maximum atomic E-state index is 12.3. The summed E-state index contributed by atoms with van der Waals surface area (Å²) in [4.78, 5) is 12.4. The SMILES string of the molecule is Cc1ccc(Cn2c(-c3ccc4c(c3)CCN4)csc2=O)cc1. The van der Waals surface area contributed by atoms with Gasteiger partial charge in [-0.1, -0.05) is 47.2 Å². The maximum Gasteiger partial charge on any atom is 0.307 e. The molecule has 0 bridgehead atoms. The molecule has 0 unspecified atom stereocenters. The van der Waals surface area contributed by atoms with Gasteiger partial charge in [-0.25, -0.2) is 0 Å². The predicted octanol–water partition coefficient (Wildman–Crippen LogP) is 3.90. The number of hydrogen-bond acceptors (Lipinski definition) is 3. The van der Waals surface area contributed by atoms with Crippen molar-refractivity contribution in [1.82, 2.24) is 4.57 Å². The van der Waals surface area contributed by atoms with E-state index in [1.54, 1.807) is 0 Å². The standard InChI is InChI=1S/C19H18N2OS/c1-13-2-4-14(5-3-13)11-21-18(12-23-19(21)22)16-6-7-17-15(10-16)8-9-20-17/h2-7,10,12,20H,8-9,11H2,1H3. The van der Waals surface area contributed by atoms with Crippen LogP contribution in [-0.4, -0.2) is 11.1 Å². The predicted molar refractivity (Wildman–Crippen MR) is 96.5 cm³/mol. The van der Waals surface area contributed by atoms with Gasteiger partial charge in [-0.15, -0.1) is 0 Å². The highest BCUT2D eigenvalue weighted by Gasteiger charge is 2.14. The van der Waals surface area contributed by atoms with Crippen LogP contribution in [0.5, 0.6) is 0 Å². The number of anilines is 1. The molecule has 4 heteroatoms. The highest BCUT2D eigenvalue weighted by molar-refractivity contribution is 7.07. The van der Waals surface area contributed by atoms with Crippen LogP contribution in [0, 0.1) is 6.92 Å². The zero-order valence-corrected chi connectivity index (χ0v) is 13.8. The van der Waals surface area contributed by atoms with Gasteiger partial charge in [-0.3, -0.25) is 9.36 Å². The minimum atomic E-state index is 0.0965. The Bertz CT molecular complexity index is 906. The normalized spacial score (nSPS) is 12.9. The highest BCUT2D eigenvalue weighted by Crippen LogP contribution is 2.29. The fourth-order valence-electron chi connectivity index (χ4n) is 3.05. The van der Waals surface area contributed by atoms with Gasteiger partial charge in [0, 0.05) is 17.6 Å².